The van der Waals surface area contributed by atoms with Gasteiger partial charge in [-0.2, -0.15) is 0 Å². The van der Waals surface area contributed by atoms with Crippen LogP contribution in [0.3, 0.4) is 0 Å². The van der Waals surface area contributed by atoms with Gasteiger partial charge in [-0.1, -0.05) is 25.1 Å². The standard InChI is InChI=1S/C19H18N2O2S/c1-2-18(22)14-8-10-17(11-9-14)23-12-16-13-24-19(21-16)20-15-6-4-3-5-7-15/h3-11,13H,2,12H2,1H3,(H,20,21). The Morgan fingerprint density at radius 3 is 2.58 bits per heavy atom. The van der Waals surface area contributed by atoms with Crippen molar-refractivity contribution in [2.24, 2.45) is 0 Å². The molecule has 0 spiro atoms. The Morgan fingerprint density at radius 2 is 1.88 bits per heavy atom. The highest BCUT2D eigenvalue weighted by molar-refractivity contribution is 7.13. The number of thiazole rings is 1. The topological polar surface area (TPSA) is 51.2 Å². The average Bonchev–Trinajstić information content (AvgIpc) is 3.08. The van der Waals surface area contributed by atoms with Gasteiger partial charge in [0.25, 0.3) is 0 Å². The molecule has 0 saturated heterocycles. The third kappa shape index (κ3) is 4.20. The van der Waals surface area contributed by atoms with Gasteiger partial charge < -0.3 is 10.1 Å². The third-order valence-electron chi connectivity index (χ3n) is 3.46. The molecular weight excluding hydrogens is 320 g/mol. The third-order valence-corrected chi connectivity index (χ3v) is 4.27. The fraction of sp³-hybridized carbons (Fsp3) is 0.158. The summed E-state index contributed by atoms with van der Waals surface area (Å²) in [6.45, 7) is 2.25. The van der Waals surface area contributed by atoms with E-state index in [9.17, 15) is 4.79 Å². The SMILES string of the molecule is CCC(=O)c1ccc(OCc2csc(Nc3ccccc3)n2)cc1. The van der Waals surface area contributed by atoms with Crippen LogP contribution in [0.2, 0.25) is 0 Å². The van der Waals surface area contributed by atoms with Crippen molar-refractivity contribution < 1.29 is 9.53 Å². The molecule has 1 heterocycles. The zero-order valence-electron chi connectivity index (χ0n) is 13.4. The summed E-state index contributed by atoms with van der Waals surface area (Å²) in [7, 11) is 0. The monoisotopic (exact) mass is 338 g/mol. The normalized spacial score (nSPS) is 10.4. The van der Waals surface area contributed by atoms with Gasteiger partial charge in [-0.05, 0) is 36.4 Å². The zero-order valence-corrected chi connectivity index (χ0v) is 14.2. The molecule has 1 N–H and O–H groups in total. The maximum absolute atomic E-state index is 11.6. The van der Waals surface area contributed by atoms with E-state index in [1.807, 2.05) is 54.8 Å². The van der Waals surface area contributed by atoms with Crippen LogP contribution in [0, 0.1) is 0 Å². The highest BCUT2D eigenvalue weighted by Gasteiger charge is 2.05. The molecule has 0 unspecified atom stereocenters. The average molecular weight is 338 g/mol. The predicted octanol–water partition coefficient (Wildman–Crippen LogP) is 5.06. The van der Waals surface area contributed by atoms with Gasteiger partial charge in [-0.3, -0.25) is 4.79 Å². The molecule has 0 aliphatic heterocycles. The van der Waals surface area contributed by atoms with E-state index in [4.69, 9.17) is 4.74 Å². The molecule has 4 nitrogen and oxygen atoms in total. The highest BCUT2D eigenvalue weighted by Crippen LogP contribution is 2.22. The molecular formula is C19H18N2O2S. The summed E-state index contributed by atoms with van der Waals surface area (Å²) >= 11 is 1.54. The first-order valence-electron chi connectivity index (χ1n) is 7.77. The number of carbonyl (C=O) groups excluding carboxylic acids is 1. The van der Waals surface area contributed by atoms with E-state index in [1.165, 1.54) is 0 Å². The number of benzene rings is 2. The summed E-state index contributed by atoms with van der Waals surface area (Å²) in [5, 5.41) is 6.07. The molecule has 0 amide bonds. The molecule has 1 aromatic heterocycles. The van der Waals surface area contributed by atoms with Crippen LogP contribution in [0.5, 0.6) is 5.75 Å². The quantitative estimate of drug-likeness (QED) is 0.612. The second-order valence-corrected chi connectivity index (χ2v) is 6.08. The van der Waals surface area contributed by atoms with E-state index in [1.54, 1.807) is 23.5 Å². The van der Waals surface area contributed by atoms with Crippen LogP contribution in [-0.4, -0.2) is 10.8 Å². The van der Waals surface area contributed by atoms with Crippen LogP contribution < -0.4 is 10.1 Å². The number of ether oxygens (including phenoxy) is 1. The largest absolute Gasteiger partial charge is 0.487 e. The van der Waals surface area contributed by atoms with Crippen molar-refractivity contribution in [3.8, 4) is 5.75 Å². The van der Waals surface area contributed by atoms with Gasteiger partial charge in [0.05, 0.1) is 5.69 Å². The smallest absolute Gasteiger partial charge is 0.187 e. The number of anilines is 2. The van der Waals surface area contributed by atoms with Crippen molar-refractivity contribution >= 4 is 27.9 Å². The number of para-hydroxylation sites is 1. The molecule has 0 radical (unpaired) electrons. The molecule has 0 aliphatic carbocycles. The maximum atomic E-state index is 11.6. The maximum Gasteiger partial charge on any atom is 0.187 e. The number of ketones is 1. The lowest BCUT2D eigenvalue weighted by Gasteiger charge is -2.05. The van der Waals surface area contributed by atoms with Gasteiger partial charge >= 0.3 is 0 Å². The zero-order chi connectivity index (χ0) is 16.8. The van der Waals surface area contributed by atoms with E-state index < -0.39 is 0 Å². The van der Waals surface area contributed by atoms with Crippen LogP contribution in [0.25, 0.3) is 0 Å². The van der Waals surface area contributed by atoms with Gasteiger partial charge in [-0.15, -0.1) is 11.3 Å². The Balaban J connectivity index is 1.56. The lowest BCUT2D eigenvalue weighted by molar-refractivity contribution is 0.0988. The summed E-state index contributed by atoms with van der Waals surface area (Å²) in [5.74, 6) is 0.867. The van der Waals surface area contributed by atoms with Crippen molar-refractivity contribution in [1.82, 2.24) is 4.98 Å². The lowest BCUT2D eigenvalue weighted by atomic mass is 10.1. The highest BCUT2D eigenvalue weighted by atomic mass is 32.1. The van der Waals surface area contributed by atoms with Crippen molar-refractivity contribution in [3.63, 3.8) is 0 Å². The molecule has 2 aromatic carbocycles. The van der Waals surface area contributed by atoms with Crippen molar-refractivity contribution in [2.45, 2.75) is 20.0 Å². The lowest BCUT2D eigenvalue weighted by Crippen LogP contribution is -1.98. The number of hydrogen-bond donors (Lipinski definition) is 1. The number of nitrogens with one attached hydrogen (secondary N) is 1. The Bertz CT molecular complexity index is 798. The van der Waals surface area contributed by atoms with Crippen molar-refractivity contribution in [2.75, 3.05) is 5.32 Å². The molecule has 0 atom stereocenters. The van der Waals surface area contributed by atoms with Gasteiger partial charge in [-0.25, -0.2) is 4.98 Å². The molecule has 3 rings (SSSR count). The molecule has 5 heteroatoms. The Hall–Kier alpha value is -2.66. The summed E-state index contributed by atoms with van der Waals surface area (Å²) in [6.07, 6.45) is 0.510. The van der Waals surface area contributed by atoms with E-state index in [2.05, 4.69) is 10.3 Å². The number of nitrogens with zero attached hydrogens (tertiary/aromatic N) is 1. The van der Waals surface area contributed by atoms with Crippen molar-refractivity contribution in [1.29, 1.82) is 0 Å². The molecule has 0 saturated carbocycles. The number of carbonyl (C=O) groups is 1. The van der Waals surface area contributed by atoms with Gasteiger partial charge in [0, 0.05) is 23.1 Å². The summed E-state index contributed by atoms with van der Waals surface area (Å²) in [4.78, 5) is 16.1. The van der Waals surface area contributed by atoms with Crippen molar-refractivity contribution in [3.05, 3.63) is 71.2 Å². The number of rotatable bonds is 7. The van der Waals surface area contributed by atoms with E-state index in [-0.39, 0.29) is 5.78 Å². The van der Waals surface area contributed by atoms with Crippen LogP contribution in [-0.2, 0) is 6.61 Å². The summed E-state index contributed by atoms with van der Waals surface area (Å²) < 4.78 is 5.73. The first-order chi connectivity index (χ1) is 11.7. The summed E-state index contributed by atoms with van der Waals surface area (Å²) in [6, 6.07) is 17.2. The molecule has 0 aliphatic rings. The van der Waals surface area contributed by atoms with E-state index in [0.29, 0.717) is 18.6 Å². The minimum Gasteiger partial charge on any atom is -0.487 e. The molecule has 3 aromatic rings. The van der Waals surface area contributed by atoms with Gasteiger partial charge in [0.1, 0.15) is 12.4 Å². The fourth-order valence-electron chi connectivity index (χ4n) is 2.17. The predicted molar refractivity (Wildman–Crippen MR) is 97.2 cm³/mol. The Kier molecular flexibility index (Phi) is 5.23. The fourth-order valence-corrected chi connectivity index (χ4v) is 2.89. The van der Waals surface area contributed by atoms with Crippen LogP contribution in [0.1, 0.15) is 29.4 Å². The first kappa shape index (κ1) is 16.2. The van der Waals surface area contributed by atoms with Crippen LogP contribution >= 0.6 is 11.3 Å². The molecule has 0 fully saturated rings. The Morgan fingerprint density at radius 1 is 1.12 bits per heavy atom. The van der Waals surface area contributed by atoms with Crippen LogP contribution in [0.4, 0.5) is 10.8 Å². The second-order valence-electron chi connectivity index (χ2n) is 5.22. The van der Waals surface area contributed by atoms with Gasteiger partial charge in [0.2, 0.25) is 0 Å². The first-order valence-corrected chi connectivity index (χ1v) is 8.65. The van der Waals surface area contributed by atoms with E-state index in [0.717, 1.165) is 22.3 Å². The molecule has 0 bridgehead atoms. The van der Waals surface area contributed by atoms with Crippen LogP contribution in [0.15, 0.2) is 60.0 Å². The molecule has 24 heavy (non-hydrogen) atoms. The van der Waals surface area contributed by atoms with Gasteiger partial charge in [0.15, 0.2) is 10.9 Å². The number of hydrogen-bond acceptors (Lipinski definition) is 5. The molecule has 122 valence electrons. The number of Topliss-reactive ketones (excluding diaryl/α,β-unsaturated/α-hetero) is 1. The number of aromatic nitrogens is 1. The summed E-state index contributed by atoms with van der Waals surface area (Å²) in [5.41, 5.74) is 2.59. The minimum atomic E-state index is 0.137. The minimum absolute atomic E-state index is 0.137. The van der Waals surface area contributed by atoms with E-state index >= 15 is 0 Å². The Labute approximate surface area is 145 Å². The second kappa shape index (κ2) is 7.75.